The zero-order valence-corrected chi connectivity index (χ0v) is 29.6. The maximum Gasteiger partial charge on any atom is 0.330 e. The Bertz CT molecular complexity index is 1680. The summed E-state index contributed by atoms with van der Waals surface area (Å²) in [4.78, 5) is 71.0. The Morgan fingerprint density at radius 1 is 1.00 bits per heavy atom. The van der Waals surface area contributed by atoms with Crippen molar-refractivity contribution in [2.75, 3.05) is 13.7 Å². The lowest BCUT2D eigenvalue weighted by molar-refractivity contribution is -0.145. The van der Waals surface area contributed by atoms with Crippen LogP contribution in [-0.2, 0) is 36.8 Å². The van der Waals surface area contributed by atoms with Gasteiger partial charge in [-0.25, -0.2) is 14.6 Å². The maximum atomic E-state index is 14.2. The highest BCUT2D eigenvalue weighted by Crippen LogP contribution is 2.25. The zero-order chi connectivity index (χ0) is 36.5. The molecule has 3 aromatic rings. The molecule has 2 heterocycles. The van der Waals surface area contributed by atoms with E-state index in [1.54, 1.807) is 0 Å². The number of esters is 1. The molecule has 270 valence electrons. The number of aliphatic hydroxyl groups is 1. The first-order chi connectivity index (χ1) is 23.8. The molecule has 13 heteroatoms. The van der Waals surface area contributed by atoms with Gasteiger partial charge in [0.1, 0.15) is 11.9 Å². The van der Waals surface area contributed by atoms with E-state index in [4.69, 9.17) is 10.5 Å². The van der Waals surface area contributed by atoms with Gasteiger partial charge in [0.15, 0.2) is 0 Å². The van der Waals surface area contributed by atoms with E-state index in [0.717, 1.165) is 16.3 Å². The predicted molar refractivity (Wildman–Crippen MR) is 188 cm³/mol. The summed E-state index contributed by atoms with van der Waals surface area (Å²) in [7, 11) is 1.29. The van der Waals surface area contributed by atoms with Crippen molar-refractivity contribution in [2.24, 2.45) is 17.6 Å². The van der Waals surface area contributed by atoms with Gasteiger partial charge in [0.2, 0.25) is 17.7 Å². The van der Waals surface area contributed by atoms with Crippen molar-refractivity contribution < 1.29 is 33.8 Å². The molecule has 1 aliphatic rings. The van der Waals surface area contributed by atoms with Crippen molar-refractivity contribution in [1.82, 2.24) is 25.1 Å². The van der Waals surface area contributed by atoms with E-state index in [2.05, 4.69) is 15.6 Å². The number of ether oxygens (including phenoxy) is 1. The molecule has 1 aromatic heterocycles. The number of aliphatic hydroxyl groups excluding tert-OH is 1. The minimum absolute atomic E-state index is 0.0516. The molecule has 50 heavy (non-hydrogen) atoms. The van der Waals surface area contributed by atoms with Gasteiger partial charge in [0, 0.05) is 37.7 Å². The van der Waals surface area contributed by atoms with Gasteiger partial charge in [-0.3, -0.25) is 24.3 Å². The van der Waals surface area contributed by atoms with Gasteiger partial charge >= 0.3 is 12.0 Å². The maximum absolute atomic E-state index is 14.2. The molecule has 4 rings (SSSR count). The molecule has 13 nitrogen and oxygen atoms in total. The van der Waals surface area contributed by atoms with E-state index in [-0.39, 0.29) is 31.1 Å². The van der Waals surface area contributed by atoms with Crippen LogP contribution in [-0.4, -0.2) is 87.2 Å². The number of hydrogen-bond acceptors (Lipinski definition) is 9. The molecule has 2 aromatic carbocycles. The standard InChI is InChI=1S/C37H50N6O7/c1-22(2)16-29(31(44)20-34(46)41-33(45)17-23(3)4)40-35(47)28(38)19-26-21-39-32(18-25-12-8-11-24-10-6-7-13-27(24)25)43(26)37(49)42-15-9-14-30(42)36(48)50-5/h6-8,10-13,21-23,28-31,44H,9,14-20,38H2,1-5H3,(H,40,47)(H,41,45,46)/t28-,29-,30-,31-/m0/s1. The summed E-state index contributed by atoms with van der Waals surface area (Å²) < 4.78 is 6.42. The van der Waals surface area contributed by atoms with E-state index >= 15 is 0 Å². The van der Waals surface area contributed by atoms with Gasteiger partial charge in [-0.05, 0) is 47.4 Å². The molecule has 4 amide bonds. The number of hydrogen-bond donors (Lipinski definition) is 4. The summed E-state index contributed by atoms with van der Waals surface area (Å²) >= 11 is 0. The molecule has 0 aliphatic carbocycles. The molecular weight excluding hydrogens is 640 g/mol. The van der Waals surface area contributed by atoms with Gasteiger partial charge in [0.05, 0.1) is 31.7 Å². The number of carbonyl (C=O) groups is 5. The van der Waals surface area contributed by atoms with Gasteiger partial charge in [0.25, 0.3) is 0 Å². The van der Waals surface area contributed by atoms with Crippen LogP contribution in [0.1, 0.15) is 76.9 Å². The first kappa shape index (κ1) is 38.2. The fourth-order valence-electron chi connectivity index (χ4n) is 6.44. The number of nitrogens with zero attached hydrogens (tertiary/aromatic N) is 3. The van der Waals surface area contributed by atoms with Crippen LogP contribution < -0.4 is 16.4 Å². The number of likely N-dealkylation sites (tertiary alicyclic amines) is 1. The van der Waals surface area contributed by atoms with Crippen LogP contribution >= 0.6 is 0 Å². The van der Waals surface area contributed by atoms with Crippen LogP contribution in [0, 0.1) is 11.8 Å². The van der Waals surface area contributed by atoms with Gasteiger partial charge in [-0.1, -0.05) is 70.2 Å². The smallest absolute Gasteiger partial charge is 0.330 e. The monoisotopic (exact) mass is 690 g/mol. The lowest BCUT2D eigenvalue weighted by atomic mass is 9.96. The molecule has 0 saturated carbocycles. The van der Waals surface area contributed by atoms with Crippen molar-refractivity contribution in [1.29, 1.82) is 0 Å². The Kier molecular flexibility index (Phi) is 13.3. The minimum atomic E-state index is -1.27. The fourth-order valence-corrected chi connectivity index (χ4v) is 6.44. The Labute approximate surface area is 292 Å². The Balaban J connectivity index is 1.57. The number of nitrogens with one attached hydrogen (secondary N) is 2. The second-order valence-electron chi connectivity index (χ2n) is 13.9. The lowest BCUT2D eigenvalue weighted by Crippen LogP contribution is -2.52. The Morgan fingerprint density at radius 3 is 2.40 bits per heavy atom. The van der Waals surface area contributed by atoms with Crippen LogP contribution in [0.2, 0.25) is 0 Å². The summed E-state index contributed by atoms with van der Waals surface area (Å²) in [5.41, 5.74) is 7.77. The number of methoxy groups -OCH3 is 1. The number of imidazole rings is 1. The quantitative estimate of drug-likeness (QED) is 0.185. The molecule has 1 aliphatic heterocycles. The van der Waals surface area contributed by atoms with Gasteiger partial charge < -0.3 is 25.8 Å². The van der Waals surface area contributed by atoms with Gasteiger partial charge in [-0.15, -0.1) is 0 Å². The normalized spacial score (nSPS) is 16.3. The van der Waals surface area contributed by atoms with Crippen molar-refractivity contribution in [2.45, 2.75) is 96.9 Å². The van der Waals surface area contributed by atoms with Crippen LogP contribution in [0.15, 0.2) is 48.7 Å². The number of benzene rings is 2. The molecule has 0 unspecified atom stereocenters. The SMILES string of the molecule is COC(=O)[C@@H]1CCCN1C(=O)n1c(C[C@H](N)C(=O)N[C@@H](CC(C)C)[C@@H](O)CC(=O)NC(=O)CC(C)C)cnc1Cc1cccc2ccccc12. The van der Waals surface area contributed by atoms with E-state index in [0.29, 0.717) is 43.7 Å². The third kappa shape index (κ3) is 9.75. The first-order valence-corrected chi connectivity index (χ1v) is 17.3. The average molecular weight is 691 g/mol. The Hall–Kier alpha value is -4.62. The number of nitrogens with two attached hydrogens (primary N) is 1. The first-order valence-electron chi connectivity index (χ1n) is 17.3. The second kappa shape index (κ2) is 17.3. The molecule has 1 saturated heterocycles. The summed E-state index contributed by atoms with van der Waals surface area (Å²) in [6, 6.07) is 10.6. The van der Waals surface area contributed by atoms with Crippen LogP contribution in [0.3, 0.4) is 0 Å². The fraction of sp³-hybridized carbons (Fsp3) is 0.514. The molecule has 1 fully saturated rings. The summed E-state index contributed by atoms with van der Waals surface area (Å²) in [5.74, 6) is -1.61. The molecule has 5 N–H and O–H groups in total. The molecule has 0 spiro atoms. The highest BCUT2D eigenvalue weighted by molar-refractivity contribution is 5.95. The third-order valence-electron chi connectivity index (χ3n) is 8.85. The van der Waals surface area contributed by atoms with Crippen LogP contribution in [0.5, 0.6) is 0 Å². The average Bonchev–Trinajstić information content (AvgIpc) is 3.70. The topological polar surface area (TPSA) is 186 Å². The molecular formula is C37H50N6O7. The molecule has 0 bridgehead atoms. The third-order valence-corrected chi connectivity index (χ3v) is 8.85. The van der Waals surface area contributed by atoms with E-state index in [1.165, 1.54) is 22.8 Å². The zero-order valence-electron chi connectivity index (χ0n) is 29.6. The number of imide groups is 1. The Morgan fingerprint density at radius 2 is 1.70 bits per heavy atom. The number of aromatic nitrogens is 2. The van der Waals surface area contributed by atoms with Crippen LogP contribution in [0.4, 0.5) is 4.79 Å². The summed E-state index contributed by atoms with van der Waals surface area (Å²) in [6.45, 7) is 7.90. The number of rotatable bonds is 14. The van der Waals surface area contributed by atoms with Crippen molar-refractivity contribution >= 4 is 40.5 Å². The van der Waals surface area contributed by atoms with Crippen molar-refractivity contribution in [3.63, 3.8) is 0 Å². The van der Waals surface area contributed by atoms with E-state index in [1.807, 2.05) is 70.2 Å². The molecule has 4 atom stereocenters. The lowest BCUT2D eigenvalue weighted by Gasteiger charge is -2.27. The predicted octanol–water partition coefficient (Wildman–Crippen LogP) is 3.07. The van der Waals surface area contributed by atoms with Crippen molar-refractivity contribution in [3.8, 4) is 0 Å². The van der Waals surface area contributed by atoms with Gasteiger partial charge in [-0.2, -0.15) is 0 Å². The largest absolute Gasteiger partial charge is 0.467 e. The number of fused-ring (bicyclic) bond motifs is 1. The van der Waals surface area contributed by atoms with E-state index in [9.17, 15) is 29.1 Å². The van der Waals surface area contributed by atoms with E-state index < -0.39 is 54.0 Å². The highest BCUT2D eigenvalue weighted by Gasteiger charge is 2.37. The minimum Gasteiger partial charge on any atom is -0.467 e. The summed E-state index contributed by atoms with van der Waals surface area (Å²) in [6.07, 6.45) is 1.70. The molecule has 0 radical (unpaired) electrons. The number of amides is 4. The number of carbonyl (C=O) groups excluding carboxylic acids is 5. The second-order valence-corrected chi connectivity index (χ2v) is 13.9. The van der Waals surface area contributed by atoms with Crippen LogP contribution in [0.25, 0.3) is 10.8 Å². The van der Waals surface area contributed by atoms with Crippen molar-refractivity contribution in [3.05, 3.63) is 65.7 Å². The summed E-state index contributed by atoms with van der Waals surface area (Å²) in [5, 5.41) is 18.1. The highest BCUT2D eigenvalue weighted by atomic mass is 16.5.